The highest BCUT2D eigenvalue weighted by Gasteiger charge is 2.21. The smallest absolute Gasteiger partial charge is 0.106 e. The quantitative estimate of drug-likeness (QED) is 0.846. The van der Waals surface area contributed by atoms with E-state index in [1.54, 1.807) is 7.11 Å². The molecule has 1 aliphatic heterocycles. The summed E-state index contributed by atoms with van der Waals surface area (Å²) in [5.41, 5.74) is 7.93. The molecule has 0 aromatic heterocycles. The van der Waals surface area contributed by atoms with Crippen molar-refractivity contribution in [3.8, 4) is 0 Å². The SMILES string of the molecule is COCC1CCN(c2ccccc2C(N)=S)CC1. The molecular formula is C14H20N2OS. The predicted octanol–water partition coefficient (Wildman–Crippen LogP) is 2.18. The maximum absolute atomic E-state index is 5.78. The Morgan fingerprint density at radius 3 is 2.67 bits per heavy atom. The maximum atomic E-state index is 5.78. The van der Waals surface area contributed by atoms with Gasteiger partial charge in [0.05, 0.1) is 0 Å². The third-order valence-corrected chi connectivity index (χ3v) is 3.75. The van der Waals surface area contributed by atoms with Crippen molar-refractivity contribution in [3.63, 3.8) is 0 Å². The van der Waals surface area contributed by atoms with E-state index in [1.165, 1.54) is 18.5 Å². The van der Waals surface area contributed by atoms with Gasteiger partial charge < -0.3 is 15.4 Å². The van der Waals surface area contributed by atoms with E-state index in [4.69, 9.17) is 22.7 Å². The van der Waals surface area contributed by atoms with Crippen LogP contribution < -0.4 is 10.6 Å². The summed E-state index contributed by atoms with van der Waals surface area (Å²) in [7, 11) is 1.77. The number of anilines is 1. The summed E-state index contributed by atoms with van der Waals surface area (Å²) in [5.74, 6) is 0.684. The molecule has 1 aromatic carbocycles. The Kier molecular flexibility index (Phi) is 4.55. The first-order valence-corrected chi connectivity index (χ1v) is 6.76. The lowest BCUT2D eigenvalue weighted by atomic mass is 9.97. The summed E-state index contributed by atoms with van der Waals surface area (Å²) >= 11 is 5.11. The Morgan fingerprint density at radius 2 is 2.06 bits per heavy atom. The van der Waals surface area contributed by atoms with Crippen LogP contribution in [0.5, 0.6) is 0 Å². The fourth-order valence-electron chi connectivity index (χ4n) is 2.53. The fourth-order valence-corrected chi connectivity index (χ4v) is 2.71. The first kappa shape index (κ1) is 13.3. The third-order valence-electron chi connectivity index (χ3n) is 3.53. The number of hydrogen-bond acceptors (Lipinski definition) is 3. The van der Waals surface area contributed by atoms with Gasteiger partial charge in [0.25, 0.3) is 0 Å². The summed E-state index contributed by atoms with van der Waals surface area (Å²) in [6.45, 7) is 2.96. The summed E-state index contributed by atoms with van der Waals surface area (Å²) in [5, 5.41) is 0. The van der Waals surface area contributed by atoms with Crippen LogP contribution in [-0.2, 0) is 4.74 Å². The molecule has 0 radical (unpaired) electrons. The number of nitrogens with two attached hydrogens (primary N) is 1. The molecule has 0 atom stereocenters. The molecule has 4 heteroatoms. The summed E-state index contributed by atoms with van der Waals surface area (Å²) in [4.78, 5) is 2.85. The van der Waals surface area contributed by atoms with Crippen LogP contribution >= 0.6 is 12.2 Å². The van der Waals surface area contributed by atoms with Crippen molar-refractivity contribution >= 4 is 22.9 Å². The van der Waals surface area contributed by atoms with E-state index in [0.29, 0.717) is 10.9 Å². The zero-order chi connectivity index (χ0) is 13.0. The lowest BCUT2D eigenvalue weighted by Gasteiger charge is -2.34. The molecule has 18 heavy (non-hydrogen) atoms. The molecule has 0 unspecified atom stereocenters. The van der Waals surface area contributed by atoms with E-state index < -0.39 is 0 Å². The molecule has 3 nitrogen and oxygen atoms in total. The summed E-state index contributed by atoms with van der Waals surface area (Å²) < 4.78 is 5.22. The number of rotatable bonds is 4. The van der Waals surface area contributed by atoms with Crippen LogP contribution in [-0.4, -0.2) is 31.8 Å². The number of hydrogen-bond donors (Lipinski definition) is 1. The molecule has 1 saturated heterocycles. The third kappa shape index (κ3) is 3.00. The van der Waals surface area contributed by atoms with E-state index in [0.717, 1.165) is 25.3 Å². The van der Waals surface area contributed by atoms with Crippen LogP contribution in [0.3, 0.4) is 0 Å². The van der Waals surface area contributed by atoms with Gasteiger partial charge in [0.15, 0.2) is 0 Å². The van der Waals surface area contributed by atoms with E-state index in [-0.39, 0.29) is 0 Å². The molecule has 0 amide bonds. The predicted molar refractivity (Wildman–Crippen MR) is 79.1 cm³/mol. The average molecular weight is 264 g/mol. The van der Waals surface area contributed by atoms with Gasteiger partial charge in [-0.25, -0.2) is 0 Å². The molecule has 1 fully saturated rings. The molecule has 0 aliphatic carbocycles. The first-order chi connectivity index (χ1) is 8.72. The number of ether oxygens (including phenoxy) is 1. The highest BCUT2D eigenvalue weighted by Crippen LogP contribution is 2.26. The van der Waals surface area contributed by atoms with E-state index >= 15 is 0 Å². The van der Waals surface area contributed by atoms with Gasteiger partial charge in [-0.3, -0.25) is 0 Å². The molecule has 0 spiro atoms. The second-order valence-electron chi connectivity index (χ2n) is 4.77. The van der Waals surface area contributed by atoms with Crippen molar-refractivity contribution in [2.75, 3.05) is 31.7 Å². The lowest BCUT2D eigenvalue weighted by Crippen LogP contribution is -2.36. The monoisotopic (exact) mass is 264 g/mol. The molecule has 1 aliphatic rings. The first-order valence-electron chi connectivity index (χ1n) is 6.35. The molecule has 2 N–H and O–H groups in total. The van der Waals surface area contributed by atoms with E-state index in [9.17, 15) is 0 Å². The van der Waals surface area contributed by atoms with Gasteiger partial charge in [0.1, 0.15) is 4.99 Å². The number of methoxy groups -OCH3 is 1. The van der Waals surface area contributed by atoms with Crippen molar-refractivity contribution in [1.29, 1.82) is 0 Å². The van der Waals surface area contributed by atoms with Gasteiger partial charge in [0.2, 0.25) is 0 Å². The van der Waals surface area contributed by atoms with Crippen molar-refractivity contribution in [2.24, 2.45) is 11.7 Å². The van der Waals surface area contributed by atoms with Crippen LogP contribution in [0.1, 0.15) is 18.4 Å². The molecule has 0 saturated carbocycles. The molecular weight excluding hydrogens is 244 g/mol. The summed E-state index contributed by atoms with van der Waals surface area (Å²) in [6, 6.07) is 8.12. The standard InChI is InChI=1S/C14H20N2OS/c1-17-10-11-6-8-16(9-7-11)13-5-3-2-4-12(13)14(15)18/h2-5,11H,6-10H2,1H3,(H2,15,18). The van der Waals surface area contributed by atoms with Gasteiger partial charge in [-0.05, 0) is 30.9 Å². The number of piperidine rings is 1. The second kappa shape index (κ2) is 6.16. The Morgan fingerprint density at radius 1 is 1.39 bits per heavy atom. The zero-order valence-electron chi connectivity index (χ0n) is 10.8. The van der Waals surface area contributed by atoms with Gasteiger partial charge >= 0.3 is 0 Å². The molecule has 2 rings (SSSR count). The van der Waals surface area contributed by atoms with Gasteiger partial charge in [-0.2, -0.15) is 0 Å². The fraction of sp³-hybridized carbons (Fsp3) is 0.500. The van der Waals surface area contributed by atoms with Crippen LogP contribution in [0.2, 0.25) is 0 Å². The second-order valence-corrected chi connectivity index (χ2v) is 5.21. The number of para-hydroxylation sites is 1. The summed E-state index contributed by atoms with van der Waals surface area (Å²) in [6.07, 6.45) is 2.33. The minimum absolute atomic E-state index is 0.476. The van der Waals surface area contributed by atoms with Crippen molar-refractivity contribution < 1.29 is 4.74 Å². The average Bonchev–Trinajstić information content (AvgIpc) is 2.40. The topological polar surface area (TPSA) is 38.5 Å². The minimum Gasteiger partial charge on any atom is -0.389 e. The molecule has 0 bridgehead atoms. The number of nitrogens with zero attached hydrogens (tertiary/aromatic N) is 1. The van der Waals surface area contributed by atoms with E-state index in [2.05, 4.69) is 11.0 Å². The van der Waals surface area contributed by atoms with Crippen molar-refractivity contribution in [3.05, 3.63) is 29.8 Å². The number of benzene rings is 1. The zero-order valence-corrected chi connectivity index (χ0v) is 11.6. The van der Waals surface area contributed by atoms with Crippen LogP contribution in [0, 0.1) is 5.92 Å². The van der Waals surface area contributed by atoms with Crippen LogP contribution in [0.15, 0.2) is 24.3 Å². The van der Waals surface area contributed by atoms with Gasteiger partial charge in [0, 0.05) is 38.1 Å². The van der Waals surface area contributed by atoms with Crippen molar-refractivity contribution in [1.82, 2.24) is 0 Å². The minimum atomic E-state index is 0.476. The largest absolute Gasteiger partial charge is 0.389 e. The molecule has 98 valence electrons. The van der Waals surface area contributed by atoms with Crippen LogP contribution in [0.4, 0.5) is 5.69 Å². The van der Waals surface area contributed by atoms with Gasteiger partial charge in [-0.1, -0.05) is 24.4 Å². The Bertz CT molecular complexity index is 414. The Hall–Kier alpha value is -1.13. The van der Waals surface area contributed by atoms with Gasteiger partial charge in [-0.15, -0.1) is 0 Å². The Balaban J connectivity index is 2.07. The van der Waals surface area contributed by atoms with Crippen molar-refractivity contribution in [2.45, 2.75) is 12.8 Å². The Labute approximate surface area is 114 Å². The molecule has 1 aromatic rings. The normalized spacial score (nSPS) is 16.8. The van der Waals surface area contributed by atoms with Crippen LogP contribution in [0.25, 0.3) is 0 Å². The molecule has 1 heterocycles. The number of thiocarbonyl (C=S) groups is 1. The highest BCUT2D eigenvalue weighted by atomic mass is 32.1. The van der Waals surface area contributed by atoms with E-state index in [1.807, 2.05) is 18.2 Å². The highest BCUT2D eigenvalue weighted by molar-refractivity contribution is 7.80. The maximum Gasteiger partial charge on any atom is 0.106 e. The lowest BCUT2D eigenvalue weighted by molar-refractivity contribution is 0.139.